The van der Waals surface area contributed by atoms with Crippen molar-refractivity contribution in [1.82, 2.24) is 14.9 Å². The summed E-state index contributed by atoms with van der Waals surface area (Å²) in [5.41, 5.74) is 4.36. The van der Waals surface area contributed by atoms with Crippen LogP contribution >= 0.6 is 0 Å². The van der Waals surface area contributed by atoms with Crippen molar-refractivity contribution in [2.24, 2.45) is 7.05 Å². The summed E-state index contributed by atoms with van der Waals surface area (Å²) in [7, 11) is 3.43. The Bertz CT molecular complexity index is 1410. The largest absolute Gasteiger partial charge is 0.496 e. The third-order valence-electron chi connectivity index (χ3n) is 5.64. The van der Waals surface area contributed by atoms with Crippen LogP contribution in [0.2, 0.25) is 0 Å². The Labute approximate surface area is 196 Å². The fraction of sp³-hybridized carbons (Fsp3) is 0.192. The van der Waals surface area contributed by atoms with E-state index in [0.29, 0.717) is 39.4 Å². The molecule has 8 heteroatoms. The van der Waals surface area contributed by atoms with E-state index in [9.17, 15) is 14.0 Å². The van der Waals surface area contributed by atoms with Crippen molar-refractivity contribution in [3.8, 4) is 17.1 Å². The fourth-order valence-electron chi connectivity index (χ4n) is 3.95. The predicted octanol–water partition coefficient (Wildman–Crippen LogP) is 4.58. The number of amides is 2. The molecule has 0 spiro atoms. The topological polar surface area (TPSA) is 85.2 Å². The number of anilines is 1. The molecule has 0 bridgehead atoms. The van der Waals surface area contributed by atoms with Gasteiger partial charge in [0.05, 0.1) is 29.4 Å². The van der Waals surface area contributed by atoms with E-state index in [1.165, 1.54) is 19.1 Å². The van der Waals surface area contributed by atoms with E-state index in [1.54, 1.807) is 25.3 Å². The van der Waals surface area contributed by atoms with Crippen LogP contribution in [0.3, 0.4) is 0 Å². The molecule has 2 N–H and O–H groups in total. The minimum atomic E-state index is -0.360. The average molecular weight is 461 g/mol. The van der Waals surface area contributed by atoms with Crippen LogP contribution in [-0.2, 0) is 18.4 Å². The molecular formula is C26H25FN4O3. The standard InChI is InChI=1S/C26H25FN4O3/c1-15-9-10-19(27)11-18(15)14-28-26(33)17-12-21(29-16(2)32)24-22(13-17)30-25(31(24)3)20-7-5-6-8-23(20)34-4/h5-13H,14H2,1-4H3,(H,28,33)(H,29,32). The number of nitrogens with one attached hydrogen (secondary N) is 2. The lowest BCUT2D eigenvalue weighted by Crippen LogP contribution is -2.23. The maximum Gasteiger partial charge on any atom is 0.251 e. The van der Waals surface area contributed by atoms with Crippen LogP contribution in [-0.4, -0.2) is 28.5 Å². The van der Waals surface area contributed by atoms with Gasteiger partial charge in [-0.1, -0.05) is 18.2 Å². The Morgan fingerprint density at radius 2 is 1.88 bits per heavy atom. The molecular weight excluding hydrogens is 435 g/mol. The monoisotopic (exact) mass is 460 g/mol. The van der Waals surface area contributed by atoms with Crippen molar-refractivity contribution in [3.05, 3.63) is 77.1 Å². The number of para-hydroxylation sites is 1. The molecule has 4 rings (SSSR count). The molecule has 0 saturated heterocycles. The van der Waals surface area contributed by atoms with Gasteiger partial charge in [0.1, 0.15) is 17.4 Å². The molecule has 0 atom stereocenters. The summed E-state index contributed by atoms with van der Waals surface area (Å²) in [6.07, 6.45) is 0. The highest BCUT2D eigenvalue weighted by atomic mass is 19.1. The number of benzene rings is 3. The highest BCUT2D eigenvalue weighted by Gasteiger charge is 2.19. The van der Waals surface area contributed by atoms with Crippen LogP contribution in [0.25, 0.3) is 22.4 Å². The summed E-state index contributed by atoms with van der Waals surface area (Å²) in [5.74, 6) is 0.301. The molecule has 1 heterocycles. The van der Waals surface area contributed by atoms with E-state index in [4.69, 9.17) is 9.72 Å². The molecule has 0 unspecified atom stereocenters. The lowest BCUT2D eigenvalue weighted by atomic mass is 10.1. The van der Waals surface area contributed by atoms with Crippen molar-refractivity contribution in [1.29, 1.82) is 0 Å². The Hall–Kier alpha value is -4.20. The molecule has 2 amide bonds. The number of nitrogens with zero attached hydrogens (tertiary/aromatic N) is 2. The summed E-state index contributed by atoms with van der Waals surface area (Å²) >= 11 is 0. The Morgan fingerprint density at radius 1 is 1.12 bits per heavy atom. The number of fused-ring (bicyclic) bond motifs is 1. The summed E-state index contributed by atoms with van der Waals surface area (Å²) in [6, 6.07) is 15.2. The molecule has 1 aromatic heterocycles. The van der Waals surface area contributed by atoms with Crippen LogP contribution in [0.1, 0.15) is 28.4 Å². The molecule has 3 aromatic carbocycles. The molecule has 4 aromatic rings. The second-order valence-electron chi connectivity index (χ2n) is 8.02. The lowest BCUT2D eigenvalue weighted by molar-refractivity contribution is -0.114. The van der Waals surface area contributed by atoms with Crippen LogP contribution < -0.4 is 15.4 Å². The third kappa shape index (κ3) is 4.47. The number of halogens is 1. The van der Waals surface area contributed by atoms with E-state index in [2.05, 4.69) is 10.6 Å². The minimum absolute atomic E-state index is 0.171. The van der Waals surface area contributed by atoms with Gasteiger partial charge in [-0.2, -0.15) is 0 Å². The van der Waals surface area contributed by atoms with Gasteiger partial charge < -0.3 is 19.9 Å². The summed E-state index contributed by atoms with van der Waals surface area (Å²) in [6.45, 7) is 3.43. The molecule has 34 heavy (non-hydrogen) atoms. The highest BCUT2D eigenvalue weighted by molar-refractivity contribution is 6.05. The summed E-state index contributed by atoms with van der Waals surface area (Å²) < 4.78 is 20.9. The molecule has 0 aliphatic carbocycles. The number of rotatable bonds is 6. The normalized spacial score (nSPS) is 10.9. The fourth-order valence-corrected chi connectivity index (χ4v) is 3.95. The van der Waals surface area contributed by atoms with Crippen LogP contribution in [0.5, 0.6) is 5.75 Å². The van der Waals surface area contributed by atoms with Crippen LogP contribution in [0, 0.1) is 12.7 Å². The average Bonchev–Trinajstić information content (AvgIpc) is 3.15. The third-order valence-corrected chi connectivity index (χ3v) is 5.64. The zero-order valence-electron chi connectivity index (χ0n) is 19.4. The number of methoxy groups -OCH3 is 1. The number of aryl methyl sites for hydroxylation is 2. The van der Waals surface area contributed by atoms with Gasteiger partial charge in [0, 0.05) is 26.1 Å². The Morgan fingerprint density at radius 3 is 2.62 bits per heavy atom. The van der Waals surface area contributed by atoms with Crippen molar-refractivity contribution >= 4 is 28.5 Å². The first-order chi connectivity index (χ1) is 16.3. The van der Waals surface area contributed by atoms with Gasteiger partial charge in [-0.15, -0.1) is 0 Å². The van der Waals surface area contributed by atoms with Gasteiger partial charge >= 0.3 is 0 Å². The number of imidazole rings is 1. The quantitative estimate of drug-likeness (QED) is 0.441. The van der Waals surface area contributed by atoms with Crippen LogP contribution in [0.15, 0.2) is 54.6 Å². The van der Waals surface area contributed by atoms with Gasteiger partial charge in [-0.05, 0) is 54.4 Å². The first-order valence-corrected chi connectivity index (χ1v) is 10.7. The predicted molar refractivity (Wildman–Crippen MR) is 129 cm³/mol. The van der Waals surface area contributed by atoms with Gasteiger partial charge in [-0.25, -0.2) is 9.37 Å². The van der Waals surface area contributed by atoms with E-state index >= 15 is 0 Å². The SMILES string of the molecule is COc1ccccc1-c1nc2cc(C(=O)NCc3cc(F)ccc3C)cc(NC(C)=O)c2n1C. The molecule has 0 aliphatic rings. The lowest BCUT2D eigenvalue weighted by Gasteiger charge is -2.12. The number of hydrogen-bond donors (Lipinski definition) is 2. The first-order valence-electron chi connectivity index (χ1n) is 10.7. The number of ether oxygens (including phenoxy) is 1. The minimum Gasteiger partial charge on any atom is -0.496 e. The number of carbonyl (C=O) groups is 2. The zero-order chi connectivity index (χ0) is 24.4. The maximum atomic E-state index is 13.6. The molecule has 0 saturated carbocycles. The molecule has 0 aliphatic heterocycles. The zero-order valence-corrected chi connectivity index (χ0v) is 19.4. The van der Waals surface area contributed by atoms with Crippen molar-refractivity contribution in [2.75, 3.05) is 12.4 Å². The second kappa shape index (κ2) is 9.35. The van der Waals surface area contributed by atoms with Crippen molar-refractivity contribution < 1.29 is 18.7 Å². The van der Waals surface area contributed by atoms with E-state index in [1.807, 2.05) is 42.8 Å². The number of aromatic nitrogens is 2. The van der Waals surface area contributed by atoms with Gasteiger partial charge in [0.15, 0.2) is 0 Å². The smallest absolute Gasteiger partial charge is 0.251 e. The maximum absolute atomic E-state index is 13.6. The summed E-state index contributed by atoms with van der Waals surface area (Å²) in [5, 5.41) is 5.63. The summed E-state index contributed by atoms with van der Waals surface area (Å²) in [4.78, 5) is 29.6. The Balaban J connectivity index is 1.75. The van der Waals surface area contributed by atoms with Gasteiger partial charge in [-0.3, -0.25) is 9.59 Å². The highest BCUT2D eigenvalue weighted by Crippen LogP contribution is 2.34. The van der Waals surface area contributed by atoms with Crippen LogP contribution in [0.4, 0.5) is 10.1 Å². The van der Waals surface area contributed by atoms with Gasteiger partial charge in [0.2, 0.25) is 5.91 Å². The van der Waals surface area contributed by atoms with E-state index in [-0.39, 0.29) is 24.2 Å². The number of hydrogen-bond acceptors (Lipinski definition) is 4. The van der Waals surface area contributed by atoms with Crippen molar-refractivity contribution in [2.45, 2.75) is 20.4 Å². The van der Waals surface area contributed by atoms with Gasteiger partial charge in [0.25, 0.3) is 5.91 Å². The molecule has 174 valence electrons. The van der Waals surface area contributed by atoms with E-state index in [0.717, 1.165) is 11.1 Å². The molecule has 0 radical (unpaired) electrons. The Kier molecular flexibility index (Phi) is 6.32. The first kappa shape index (κ1) is 23.0. The molecule has 7 nitrogen and oxygen atoms in total. The van der Waals surface area contributed by atoms with Crippen molar-refractivity contribution in [3.63, 3.8) is 0 Å². The second-order valence-corrected chi connectivity index (χ2v) is 8.02. The van der Waals surface area contributed by atoms with E-state index < -0.39 is 0 Å². The number of carbonyl (C=O) groups excluding carboxylic acids is 2. The molecule has 0 fully saturated rings.